The molecule has 1 aliphatic heterocycles. The highest BCUT2D eigenvalue weighted by molar-refractivity contribution is 5.94. The predicted molar refractivity (Wildman–Crippen MR) is 98.8 cm³/mol. The first-order valence-electron chi connectivity index (χ1n) is 9.10. The molecule has 1 amide bonds. The monoisotopic (exact) mass is 405 g/mol. The van der Waals surface area contributed by atoms with E-state index in [2.05, 4.69) is 25.2 Å². The number of alkyl halides is 3. The molecule has 0 unspecified atom stereocenters. The molecule has 10 heteroatoms. The van der Waals surface area contributed by atoms with E-state index in [1.807, 2.05) is 28.8 Å². The molecule has 0 atom stereocenters. The van der Waals surface area contributed by atoms with Crippen molar-refractivity contribution in [3.63, 3.8) is 0 Å². The van der Waals surface area contributed by atoms with Crippen LogP contribution in [0.3, 0.4) is 0 Å². The molecule has 1 saturated heterocycles. The molecule has 4 rings (SSSR count). The molecule has 1 fully saturated rings. The maximum absolute atomic E-state index is 12.4. The first-order chi connectivity index (χ1) is 13.9. The first kappa shape index (κ1) is 19.0. The Balaban J connectivity index is 1.33. The summed E-state index contributed by atoms with van der Waals surface area (Å²) in [5, 5.41) is 11.3. The lowest BCUT2D eigenvalue weighted by atomic mass is 10.0. The number of fused-ring (bicyclic) bond motifs is 1. The van der Waals surface area contributed by atoms with Gasteiger partial charge in [0.25, 0.3) is 5.91 Å². The van der Waals surface area contributed by atoms with E-state index in [-0.39, 0.29) is 23.3 Å². The van der Waals surface area contributed by atoms with Crippen molar-refractivity contribution < 1.29 is 22.7 Å². The fourth-order valence-corrected chi connectivity index (χ4v) is 3.34. The number of pyridine rings is 1. The molecule has 0 spiro atoms. The summed E-state index contributed by atoms with van der Waals surface area (Å²) in [6.45, 7) is 1.41. The van der Waals surface area contributed by atoms with Crippen LogP contribution in [0.2, 0.25) is 0 Å². The topological polar surface area (TPSA) is 71.8 Å². The number of carbonyl (C=O) groups is 1. The Kier molecular flexibility index (Phi) is 4.99. The minimum absolute atomic E-state index is 0.0240. The molecular weight excluding hydrogens is 387 g/mol. The third-order valence-corrected chi connectivity index (χ3v) is 4.76. The van der Waals surface area contributed by atoms with Gasteiger partial charge in [-0.05, 0) is 49.2 Å². The zero-order valence-corrected chi connectivity index (χ0v) is 15.3. The average Bonchev–Trinajstić information content (AvgIpc) is 3.12. The van der Waals surface area contributed by atoms with E-state index >= 15 is 0 Å². The zero-order valence-electron chi connectivity index (χ0n) is 15.3. The van der Waals surface area contributed by atoms with E-state index in [0.29, 0.717) is 13.1 Å². The highest BCUT2D eigenvalue weighted by atomic mass is 19.4. The van der Waals surface area contributed by atoms with E-state index < -0.39 is 6.36 Å². The zero-order chi connectivity index (χ0) is 20.4. The van der Waals surface area contributed by atoms with Crippen LogP contribution in [0.15, 0.2) is 48.7 Å². The molecule has 7 nitrogen and oxygen atoms in total. The minimum Gasteiger partial charge on any atom is -0.406 e. The summed E-state index contributed by atoms with van der Waals surface area (Å²) in [6, 6.07) is 10.6. The number of benzene rings is 1. The summed E-state index contributed by atoms with van der Waals surface area (Å²) < 4.78 is 42.4. The molecule has 1 aliphatic rings. The van der Waals surface area contributed by atoms with Crippen molar-refractivity contribution >= 4 is 17.5 Å². The Morgan fingerprint density at radius 3 is 2.48 bits per heavy atom. The van der Waals surface area contributed by atoms with Crippen LogP contribution in [0.5, 0.6) is 5.75 Å². The maximum atomic E-state index is 12.4. The fourth-order valence-electron chi connectivity index (χ4n) is 3.34. The number of nitrogens with zero attached hydrogens (tertiary/aromatic N) is 4. The normalized spacial score (nSPS) is 15.5. The smallest absolute Gasteiger partial charge is 0.406 e. The van der Waals surface area contributed by atoms with Gasteiger partial charge < -0.3 is 15.0 Å². The Bertz CT molecular complexity index is 995. The van der Waals surface area contributed by atoms with Gasteiger partial charge in [-0.1, -0.05) is 6.07 Å². The van der Waals surface area contributed by atoms with E-state index in [4.69, 9.17) is 0 Å². The van der Waals surface area contributed by atoms with Crippen molar-refractivity contribution in [2.45, 2.75) is 25.2 Å². The summed E-state index contributed by atoms with van der Waals surface area (Å²) in [5.74, 6) is 0.0865. The second-order valence-electron chi connectivity index (χ2n) is 6.74. The minimum atomic E-state index is -4.76. The summed E-state index contributed by atoms with van der Waals surface area (Å²) in [6.07, 6.45) is -1.40. The third-order valence-electron chi connectivity index (χ3n) is 4.76. The van der Waals surface area contributed by atoms with Crippen LogP contribution in [-0.2, 0) is 0 Å². The summed E-state index contributed by atoms with van der Waals surface area (Å²) in [4.78, 5) is 14.5. The summed E-state index contributed by atoms with van der Waals surface area (Å²) in [5.41, 5.74) is 1.06. The van der Waals surface area contributed by atoms with Crippen LogP contribution in [0.1, 0.15) is 23.2 Å². The number of amides is 1. The highest BCUT2D eigenvalue weighted by Gasteiger charge is 2.31. The average molecular weight is 405 g/mol. The lowest BCUT2D eigenvalue weighted by molar-refractivity contribution is -0.274. The number of carbonyl (C=O) groups excluding carboxylic acids is 1. The van der Waals surface area contributed by atoms with Crippen LogP contribution in [0.25, 0.3) is 5.65 Å². The largest absolute Gasteiger partial charge is 0.573 e. The molecule has 1 N–H and O–H groups in total. The molecule has 0 bridgehead atoms. The van der Waals surface area contributed by atoms with Crippen LogP contribution >= 0.6 is 0 Å². The second kappa shape index (κ2) is 7.61. The van der Waals surface area contributed by atoms with Gasteiger partial charge in [-0.25, -0.2) is 0 Å². The van der Waals surface area contributed by atoms with Crippen molar-refractivity contribution in [1.82, 2.24) is 19.9 Å². The molecular formula is C19H18F3N5O2. The van der Waals surface area contributed by atoms with Crippen molar-refractivity contribution in [3.05, 3.63) is 54.2 Å². The number of rotatable bonds is 4. The number of anilines is 1. The number of hydrogen-bond acceptors (Lipinski definition) is 5. The van der Waals surface area contributed by atoms with Crippen molar-refractivity contribution in [2.75, 3.05) is 18.0 Å². The molecule has 0 aliphatic carbocycles. The summed E-state index contributed by atoms with van der Waals surface area (Å²) >= 11 is 0. The number of aromatic nitrogens is 3. The van der Waals surface area contributed by atoms with Crippen LogP contribution in [-0.4, -0.2) is 46.0 Å². The first-order valence-corrected chi connectivity index (χ1v) is 9.10. The molecule has 152 valence electrons. The summed E-state index contributed by atoms with van der Waals surface area (Å²) in [7, 11) is 0. The third kappa shape index (κ3) is 4.41. The SMILES string of the molecule is O=C(NC1CCN(c2nnc3ccccn23)CC1)c1ccc(OC(F)(F)F)cc1. The predicted octanol–water partition coefficient (Wildman–Crippen LogP) is 3.03. The number of piperidine rings is 1. The van der Waals surface area contributed by atoms with Gasteiger partial charge in [-0.15, -0.1) is 23.4 Å². The maximum Gasteiger partial charge on any atom is 0.573 e. The molecule has 1 aromatic carbocycles. The van der Waals surface area contributed by atoms with E-state index in [1.54, 1.807) is 0 Å². The van der Waals surface area contributed by atoms with Crippen molar-refractivity contribution in [3.8, 4) is 5.75 Å². The van der Waals surface area contributed by atoms with Gasteiger partial charge in [0.05, 0.1) is 0 Å². The number of ether oxygens (including phenoxy) is 1. The van der Waals surface area contributed by atoms with Crippen molar-refractivity contribution in [2.24, 2.45) is 0 Å². The Morgan fingerprint density at radius 2 is 1.79 bits per heavy atom. The Morgan fingerprint density at radius 1 is 1.07 bits per heavy atom. The fraction of sp³-hybridized carbons (Fsp3) is 0.316. The molecule has 2 aromatic heterocycles. The lowest BCUT2D eigenvalue weighted by Crippen LogP contribution is -2.45. The molecule has 29 heavy (non-hydrogen) atoms. The quantitative estimate of drug-likeness (QED) is 0.723. The van der Waals surface area contributed by atoms with E-state index in [9.17, 15) is 18.0 Å². The molecule has 3 heterocycles. The van der Waals surface area contributed by atoms with Crippen molar-refractivity contribution in [1.29, 1.82) is 0 Å². The van der Waals surface area contributed by atoms with E-state index in [1.165, 1.54) is 12.1 Å². The van der Waals surface area contributed by atoms with Crippen LogP contribution < -0.4 is 15.0 Å². The number of halogens is 3. The van der Waals surface area contributed by atoms with E-state index in [0.717, 1.165) is 36.6 Å². The van der Waals surface area contributed by atoms with Crippen LogP contribution in [0.4, 0.5) is 19.1 Å². The highest BCUT2D eigenvalue weighted by Crippen LogP contribution is 2.23. The number of nitrogens with one attached hydrogen (secondary N) is 1. The standard InChI is InChI=1S/C19H18F3N5O2/c20-19(21,22)29-15-6-4-13(5-7-15)17(28)23-14-8-11-26(12-9-14)18-25-24-16-3-1-2-10-27(16)18/h1-7,10,14H,8-9,11-12H2,(H,23,28). The van der Waals surface area contributed by atoms with Gasteiger partial charge in [-0.2, -0.15) is 0 Å². The Labute approximate surface area is 164 Å². The van der Waals surface area contributed by atoms with Gasteiger partial charge >= 0.3 is 6.36 Å². The van der Waals surface area contributed by atoms with Gasteiger partial charge in [0, 0.05) is 30.9 Å². The molecule has 0 saturated carbocycles. The van der Waals surface area contributed by atoms with Gasteiger partial charge in [0.1, 0.15) is 5.75 Å². The van der Waals surface area contributed by atoms with Gasteiger partial charge in [0.2, 0.25) is 5.95 Å². The molecule has 0 radical (unpaired) electrons. The lowest BCUT2D eigenvalue weighted by Gasteiger charge is -2.32. The molecule has 3 aromatic rings. The number of hydrogen-bond donors (Lipinski definition) is 1. The van der Waals surface area contributed by atoms with Gasteiger partial charge in [-0.3, -0.25) is 9.20 Å². The second-order valence-corrected chi connectivity index (χ2v) is 6.74. The Hall–Kier alpha value is -3.30. The van der Waals surface area contributed by atoms with Crippen LogP contribution in [0, 0.1) is 0 Å². The van der Waals surface area contributed by atoms with Gasteiger partial charge in [0.15, 0.2) is 5.65 Å².